The molecule has 1 aliphatic rings. The van der Waals surface area contributed by atoms with Gasteiger partial charge < -0.3 is 9.88 Å². The normalized spacial score (nSPS) is 19.6. The monoisotopic (exact) mass is 291 g/mol. The van der Waals surface area contributed by atoms with E-state index < -0.39 is 0 Å². The number of fused-ring (bicyclic) bond motifs is 1. The molecule has 1 N–H and O–H groups in total. The highest BCUT2D eigenvalue weighted by atomic mass is 35.5. The first kappa shape index (κ1) is 13.9. The van der Waals surface area contributed by atoms with Crippen LogP contribution in [0.25, 0.3) is 11.0 Å². The number of nitrogens with one attached hydrogen (secondary N) is 1. The number of aryl methyl sites for hydroxylation is 2. The maximum atomic E-state index is 6.31. The SMILES string of the molecule is Cc1ccc2c(ncn2CCC[C@@H]2CCCCN2)c1Cl. The lowest BCUT2D eigenvalue weighted by Crippen LogP contribution is -2.33. The van der Waals surface area contributed by atoms with E-state index in [9.17, 15) is 0 Å². The fourth-order valence-corrected chi connectivity index (χ4v) is 3.26. The van der Waals surface area contributed by atoms with Gasteiger partial charge in [-0.3, -0.25) is 0 Å². The summed E-state index contributed by atoms with van der Waals surface area (Å²) in [4.78, 5) is 4.46. The van der Waals surface area contributed by atoms with Crippen molar-refractivity contribution in [1.82, 2.24) is 14.9 Å². The summed E-state index contributed by atoms with van der Waals surface area (Å²) >= 11 is 6.31. The quantitative estimate of drug-likeness (QED) is 0.925. The average Bonchev–Trinajstić information content (AvgIpc) is 2.88. The Morgan fingerprint density at radius 1 is 1.40 bits per heavy atom. The molecule has 0 amide bonds. The number of hydrogen-bond donors (Lipinski definition) is 1. The van der Waals surface area contributed by atoms with Crippen molar-refractivity contribution in [1.29, 1.82) is 0 Å². The van der Waals surface area contributed by atoms with Crippen molar-refractivity contribution in [2.75, 3.05) is 6.54 Å². The van der Waals surface area contributed by atoms with E-state index in [4.69, 9.17) is 11.6 Å². The predicted octanol–water partition coefficient (Wildman–Crippen LogP) is 3.92. The summed E-state index contributed by atoms with van der Waals surface area (Å²) < 4.78 is 2.23. The summed E-state index contributed by atoms with van der Waals surface area (Å²) in [7, 11) is 0. The van der Waals surface area contributed by atoms with Gasteiger partial charge in [0.25, 0.3) is 0 Å². The van der Waals surface area contributed by atoms with Gasteiger partial charge in [0.05, 0.1) is 16.9 Å². The van der Waals surface area contributed by atoms with Gasteiger partial charge in [-0.25, -0.2) is 4.98 Å². The van der Waals surface area contributed by atoms with Crippen LogP contribution >= 0.6 is 11.6 Å². The minimum Gasteiger partial charge on any atom is -0.331 e. The minimum absolute atomic E-state index is 0.712. The van der Waals surface area contributed by atoms with Crippen LogP contribution in [0.2, 0.25) is 5.02 Å². The number of hydrogen-bond acceptors (Lipinski definition) is 2. The Morgan fingerprint density at radius 2 is 2.30 bits per heavy atom. The Balaban J connectivity index is 1.64. The van der Waals surface area contributed by atoms with Crippen LogP contribution in [0.15, 0.2) is 18.5 Å². The van der Waals surface area contributed by atoms with Gasteiger partial charge in [0, 0.05) is 12.6 Å². The highest BCUT2D eigenvalue weighted by Gasteiger charge is 2.12. The van der Waals surface area contributed by atoms with Gasteiger partial charge in [-0.05, 0) is 50.8 Å². The van der Waals surface area contributed by atoms with Crippen molar-refractivity contribution in [2.45, 2.75) is 51.6 Å². The summed E-state index contributed by atoms with van der Waals surface area (Å²) in [6.45, 7) is 4.23. The number of benzene rings is 1. The molecular weight excluding hydrogens is 270 g/mol. The molecule has 1 saturated heterocycles. The van der Waals surface area contributed by atoms with E-state index in [1.54, 1.807) is 0 Å². The molecular formula is C16H22ClN3. The van der Waals surface area contributed by atoms with Crippen molar-refractivity contribution in [3.63, 3.8) is 0 Å². The molecule has 0 unspecified atom stereocenters. The van der Waals surface area contributed by atoms with Crippen molar-refractivity contribution in [3.05, 3.63) is 29.0 Å². The lowest BCUT2D eigenvalue weighted by Gasteiger charge is -2.23. The highest BCUT2D eigenvalue weighted by molar-refractivity contribution is 6.35. The summed E-state index contributed by atoms with van der Waals surface area (Å²) in [5, 5.41) is 4.39. The first-order valence-corrected chi connectivity index (χ1v) is 7.97. The van der Waals surface area contributed by atoms with E-state index in [0.29, 0.717) is 6.04 Å². The van der Waals surface area contributed by atoms with Gasteiger partial charge >= 0.3 is 0 Å². The van der Waals surface area contributed by atoms with Crippen molar-refractivity contribution < 1.29 is 0 Å². The van der Waals surface area contributed by atoms with Gasteiger partial charge in [0.1, 0.15) is 5.52 Å². The third-order valence-corrected chi connectivity index (χ3v) is 4.76. The number of aromatic nitrogens is 2. The first-order valence-electron chi connectivity index (χ1n) is 7.59. The van der Waals surface area contributed by atoms with E-state index in [1.807, 2.05) is 13.3 Å². The Bertz CT molecular complexity index is 585. The van der Waals surface area contributed by atoms with E-state index >= 15 is 0 Å². The van der Waals surface area contributed by atoms with E-state index in [0.717, 1.165) is 28.2 Å². The zero-order chi connectivity index (χ0) is 13.9. The van der Waals surface area contributed by atoms with Crippen LogP contribution in [0.5, 0.6) is 0 Å². The van der Waals surface area contributed by atoms with Crippen LogP contribution in [-0.4, -0.2) is 22.1 Å². The summed E-state index contributed by atoms with van der Waals surface area (Å²) in [5.74, 6) is 0. The Labute approximate surface area is 125 Å². The average molecular weight is 292 g/mol. The third-order valence-electron chi connectivity index (χ3n) is 4.29. The third kappa shape index (κ3) is 2.84. The fourth-order valence-electron chi connectivity index (χ4n) is 3.06. The van der Waals surface area contributed by atoms with E-state index in [-0.39, 0.29) is 0 Å². The Hall–Kier alpha value is -1.06. The molecule has 108 valence electrons. The molecule has 2 heterocycles. The summed E-state index contributed by atoms with van der Waals surface area (Å²) in [6, 6.07) is 4.91. The van der Waals surface area contributed by atoms with Crippen LogP contribution < -0.4 is 5.32 Å². The zero-order valence-electron chi connectivity index (χ0n) is 12.0. The van der Waals surface area contributed by atoms with E-state index in [2.05, 4.69) is 27.0 Å². The van der Waals surface area contributed by atoms with Gasteiger partial charge in [0.2, 0.25) is 0 Å². The lowest BCUT2D eigenvalue weighted by molar-refractivity contribution is 0.369. The maximum absolute atomic E-state index is 6.31. The van der Waals surface area contributed by atoms with Crippen LogP contribution in [0, 0.1) is 6.92 Å². The number of nitrogens with zero attached hydrogens (tertiary/aromatic N) is 2. The Morgan fingerprint density at radius 3 is 3.10 bits per heavy atom. The zero-order valence-corrected chi connectivity index (χ0v) is 12.8. The molecule has 0 spiro atoms. The maximum Gasteiger partial charge on any atom is 0.107 e. The molecule has 1 fully saturated rings. The molecule has 1 atom stereocenters. The van der Waals surface area contributed by atoms with Crippen molar-refractivity contribution >= 4 is 22.6 Å². The summed E-state index contributed by atoms with van der Waals surface area (Å²) in [6.07, 6.45) is 8.40. The van der Waals surface area contributed by atoms with Crippen LogP contribution in [0.1, 0.15) is 37.7 Å². The molecule has 3 rings (SSSR count). The molecule has 20 heavy (non-hydrogen) atoms. The first-order chi connectivity index (χ1) is 9.75. The van der Waals surface area contributed by atoms with Crippen LogP contribution in [-0.2, 0) is 6.54 Å². The molecule has 4 heteroatoms. The lowest BCUT2D eigenvalue weighted by atomic mass is 10.0. The minimum atomic E-state index is 0.712. The molecule has 1 aliphatic heterocycles. The largest absolute Gasteiger partial charge is 0.331 e. The molecule has 3 nitrogen and oxygen atoms in total. The number of rotatable bonds is 4. The summed E-state index contributed by atoms with van der Waals surface area (Å²) in [5.41, 5.74) is 3.18. The second-order valence-corrected chi connectivity index (χ2v) is 6.17. The van der Waals surface area contributed by atoms with Crippen molar-refractivity contribution in [3.8, 4) is 0 Å². The molecule has 2 aromatic rings. The topological polar surface area (TPSA) is 29.9 Å². The van der Waals surface area contributed by atoms with Crippen molar-refractivity contribution in [2.24, 2.45) is 0 Å². The number of imidazole rings is 1. The van der Waals surface area contributed by atoms with E-state index in [1.165, 1.54) is 38.6 Å². The smallest absolute Gasteiger partial charge is 0.107 e. The van der Waals surface area contributed by atoms with Gasteiger partial charge in [0.15, 0.2) is 0 Å². The second-order valence-electron chi connectivity index (χ2n) is 5.79. The predicted molar refractivity (Wildman–Crippen MR) is 84.4 cm³/mol. The molecule has 0 bridgehead atoms. The second kappa shape index (κ2) is 6.15. The number of piperidine rings is 1. The van der Waals surface area contributed by atoms with Gasteiger partial charge in [-0.15, -0.1) is 0 Å². The van der Waals surface area contributed by atoms with Crippen LogP contribution in [0.3, 0.4) is 0 Å². The van der Waals surface area contributed by atoms with Crippen LogP contribution in [0.4, 0.5) is 0 Å². The highest BCUT2D eigenvalue weighted by Crippen LogP contribution is 2.26. The van der Waals surface area contributed by atoms with Gasteiger partial charge in [-0.2, -0.15) is 0 Å². The number of halogens is 1. The fraction of sp³-hybridized carbons (Fsp3) is 0.562. The standard InChI is InChI=1S/C16H22ClN3/c1-12-7-8-14-16(15(12)17)19-11-20(14)10-4-6-13-5-2-3-9-18-13/h7-8,11,13,18H,2-6,9-10H2,1H3/t13-/m0/s1. The molecule has 0 aliphatic carbocycles. The molecule has 1 aromatic carbocycles. The molecule has 1 aromatic heterocycles. The molecule has 0 saturated carbocycles. The van der Waals surface area contributed by atoms with Gasteiger partial charge in [-0.1, -0.05) is 24.1 Å². The Kier molecular flexibility index (Phi) is 4.27. The molecule has 0 radical (unpaired) electrons.